The Bertz CT molecular complexity index is 1020. The summed E-state index contributed by atoms with van der Waals surface area (Å²) in [5, 5.41) is 40.8. The van der Waals surface area contributed by atoms with Gasteiger partial charge >= 0.3 is 5.97 Å². The maximum Gasteiger partial charge on any atom is 0.303 e. The zero-order chi connectivity index (χ0) is 24.7. The van der Waals surface area contributed by atoms with Crippen LogP contribution in [0.2, 0.25) is 0 Å². The van der Waals surface area contributed by atoms with E-state index in [2.05, 4.69) is 23.2 Å². The van der Waals surface area contributed by atoms with Crippen LogP contribution in [0.25, 0.3) is 0 Å². The number of anilines is 3. The van der Waals surface area contributed by atoms with E-state index in [0.29, 0.717) is 17.7 Å². The highest BCUT2D eigenvalue weighted by molar-refractivity contribution is 8.00. The Kier molecular flexibility index (Phi) is 8.84. The van der Waals surface area contributed by atoms with Crippen LogP contribution in [0.5, 0.6) is 0 Å². The van der Waals surface area contributed by atoms with Crippen LogP contribution in [-0.2, 0) is 4.79 Å². The minimum absolute atomic E-state index is 0.0374. The molecule has 2 unspecified atom stereocenters. The van der Waals surface area contributed by atoms with Crippen molar-refractivity contribution in [2.24, 2.45) is 0 Å². The number of carbonyl (C=O) groups is 1. The molecule has 4 N–H and O–H groups in total. The molecule has 0 spiro atoms. The molecule has 2 aromatic carbocycles. The first-order chi connectivity index (χ1) is 16.3. The van der Waals surface area contributed by atoms with Gasteiger partial charge in [-0.2, -0.15) is 5.26 Å². The van der Waals surface area contributed by atoms with Gasteiger partial charge in [-0.3, -0.25) is 4.79 Å². The van der Waals surface area contributed by atoms with Gasteiger partial charge in [-0.25, -0.2) is 0 Å². The van der Waals surface area contributed by atoms with Gasteiger partial charge in [-0.05, 0) is 67.1 Å². The number of hydrogen-bond acceptors (Lipinski definition) is 7. The molecule has 0 radical (unpaired) electrons. The van der Waals surface area contributed by atoms with Gasteiger partial charge in [-0.1, -0.05) is 31.7 Å². The topological polar surface area (TPSA) is 117 Å². The summed E-state index contributed by atoms with van der Waals surface area (Å²) >= 11 is 1.17. The average Bonchev–Trinajstić information content (AvgIpc) is 2.81. The van der Waals surface area contributed by atoms with E-state index in [1.165, 1.54) is 11.8 Å². The third-order valence-corrected chi connectivity index (χ3v) is 7.27. The van der Waals surface area contributed by atoms with E-state index in [9.17, 15) is 20.1 Å². The van der Waals surface area contributed by atoms with Crippen molar-refractivity contribution in [3.63, 3.8) is 0 Å². The van der Waals surface area contributed by atoms with Crippen molar-refractivity contribution in [1.29, 1.82) is 5.26 Å². The number of carboxylic acids is 1. The van der Waals surface area contributed by atoms with E-state index >= 15 is 0 Å². The SMILES string of the molecule is CCCN(c1ccc(C(CC)CC(=O)O)cc1Nc1ccc(C#N)cc1)C1CCSC(O)(O)C1. The van der Waals surface area contributed by atoms with Crippen molar-refractivity contribution in [3.8, 4) is 6.07 Å². The second-order valence-corrected chi connectivity index (χ2v) is 10.1. The molecule has 2 atom stereocenters. The molecule has 1 aliphatic rings. The van der Waals surface area contributed by atoms with Crippen LogP contribution >= 0.6 is 11.8 Å². The van der Waals surface area contributed by atoms with Crippen LogP contribution in [0, 0.1) is 11.3 Å². The predicted octanol–water partition coefficient (Wildman–Crippen LogP) is 5.02. The number of nitriles is 1. The predicted molar refractivity (Wildman–Crippen MR) is 136 cm³/mol. The van der Waals surface area contributed by atoms with Gasteiger partial charge < -0.3 is 25.5 Å². The van der Waals surface area contributed by atoms with Gasteiger partial charge in [0.05, 0.1) is 29.4 Å². The third-order valence-electron chi connectivity index (χ3n) is 6.20. The lowest BCUT2D eigenvalue weighted by atomic mass is 9.92. The Morgan fingerprint density at radius 3 is 2.59 bits per heavy atom. The summed E-state index contributed by atoms with van der Waals surface area (Å²) in [6.07, 6.45) is 2.73. The molecule has 0 bridgehead atoms. The smallest absolute Gasteiger partial charge is 0.303 e. The van der Waals surface area contributed by atoms with E-state index < -0.39 is 11.1 Å². The number of hydrogen-bond donors (Lipinski definition) is 4. The summed E-state index contributed by atoms with van der Waals surface area (Å²) < 4.78 is 0. The number of aliphatic carboxylic acids is 1. The number of benzene rings is 2. The molecule has 8 heteroatoms. The van der Waals surface area contributed by atoms with E-state index in [1.54, 1.807) is 12.1 Å². The molecule has 3 rings (SSSR count). The molecule has 7 nitrogen and oxygen atoms in total. The molecule has 0 aliphatic carbocycles. The number of rotatable bonds is 10. The number of nitrogens with zero attached hydrogens (tertiary/aromatic N) is 2. The molecule has 0 aromatic heterocycles. The van der Waals surface area contributed by atoms with Crippen LogP contribution in [0.3, 0.4) is 0 Å². The third kappa shape index (κ3) is 6.66. The number of aliphatic hydroxyl groups is 2. The van der Waals surface area contributed by atoms with Crippen molar-refractivity contribution in [3.05, 3.63) is 53.6 Å². The molecule has 0 amide bonds. The lowest BCUT2D eigenvalue weighted by molar-refractivity contribution is -0.137. The normalized spacial score (nSPS) is 18.0. The molecule has 1 aliphatic heterocycles. The van der Waals surface area contributed by atoms with Crippen molar-refractivity contribution in [1.82, 2.24) is 0 Å². The van der Waals surface area contributed by atoms with Crippen molar-refractivity contribution in [2.75, 3.05) is 22.5 Å². The van der Waals surface area contributed by atoms with Gasteiger partial charge in [0.25, 0.3) is 0 Å². The standard InChI is InChI=1S/C26H33N3O4S/c1-3-12-29(22-11-13-34-26(32,33)16-22)24-10-7-20(19(4-2)15-25(30)31)14-23(24)28-21-8-5-18(17-27)6-9-21/h5-10,14,19,22,28,32-33H,3-4,11-13,15-16H2,1-2H3,(H,30,31). The second kappa shape index (κ2) is 11.6. The monoisotopic (exact) mass is 483 g/mol. The Morgan fingerprint density at radius 1 is 1.26 bits per heavy atom. The summed E-state index contributed by atoms with van der Waals surface area (Å²) in [5.74, 6) is -0.279. The molecule has 1 heterocycles. The van der Waals surface area contributed by atoms with Crippen LogP contribution in [0.1, 0.15) is 63.0 Å². The molecule has 1 fully saturated rings. The number of thioether (sulfide) groups is 1. The van der Waals surface area contributed by atoms with E-state index in [4.69, 9.17) is 5.26 Å². The maximum atomic E-state index is 11.4. The quantitative estimate of drug-likeness (QED) is 0.348. The number of nitrogens with one attached hydrogen (secondary N) is 1. The van der Waals surface area contributed by atoms with Crippen molar-refractivity contribution in [2.45, 2.75) is 63.0 Å². The summed E-state index contributed by atoms with van der Waals surface area (Å²) in [5.41, 5.74) is 4.10. The first kappa shape index (κ1) is 25.9. The van der Waals surface area contributed by atoms with Crippen LogP contribution in [0.15, 0.2) is 42.5 Å². The van der Waals surface area contributed by atoms with Crippen LogP contribution in [-0.4, -0.2) is 44.7 Å². The first-order valence-corrected chi connectivity index (χ1v) is 12.7. The van der Waals surface area contributed by atoms with Gasteiger partial charge in [0.15, 0.2) is 0 Å². The molecule has 1 saturated heterocycles. The zero-order valence-electron chi connectivity index (χ0n) is 19.7. The Balaban J connectivity index is 2.03. The highest BCUT2D eigenvalue weighted by Crippen LogP contribution is 2.40. The highest BCUT2D eigenvalue weighted by atomic mass is 32.2. The Morgan fingerprint density at radius 2 is 2.00 bits per heavy atom. The molecular weight excluding hydrogens is 450 g/mol. The summed E-state index contributed by atoms with van der Waals surface area (Å²) in [6, 6.07) is 15.3. The van der Waals surface area contributed by atoms with E-state index in [1.807, 2.05) is 37.3 Å². The minimum Gasteiger partial charge on any atom is -0.481 e. The minimum atomic E-state index is -1.75. The molecular formula is C26H33N3O4S. The maximum absolute atomic E-state index is 11.4. The first-order valence-electron chi connectivity index (χ1n) is 11.7. The van der Waals surface area contributed by atoms with Crippen molar-refractivity contribution < 1.29 is 20.1 Å². The average molecular weight is 484 g/mol. The Labute approximate surface area is 205 Å². The van der Waals surface area contributed by atoms with Gasteiger partial charge in [-0.15, -0.1) is 0 Å². The van der Waals surface area contributed by atoms with Crippen LogP contribution < -0.4 is 10.2 Å². The second-order valence-electron chi connectivity index (χ2n) is 8.73. The fraction of sp³-hybridized carbons (Fsp3) is 0.462. The summed E-state index contributed by atoms with van der Waals surface area (Å²) in [7, 11) is 0. The van der Waals surface area contributed by atoms with E-state index in [-0.39, 0.29) is 24.8 Å². The highest BCUT2D eigenvalue weighted by Gasteiger charge is 2.36. The Hall–Kier alpha value is -2.73. The summed E-state index contributed by atoms with van der Waals surface area (Å²) in [6.45, 7) is 4.83. The van der Waals surface area contributed by atoms with E-state index in [0.717, 1.165) is 42.0 Å². The largest absolute Gasteiger partial charge is 0.481 e. The fourth-order valence-corrected chi connectivity index (χ4v) is 5.51. The lowest BCUT2D eigenvalue weighted by Gasteiger charge is -2.41. The molecule has 34 heavy (non-hydrogen) atoms. The van der Waals surface area contributed by atoms with Gasteiger partial charge in [0.1, 0.15) is 0 Å². The molecule has 2 aromatic rings. The molecule has 0 saturated carbocycles. The van der Waals surface area contributed by atoms with Gasteiger partial charge in [0, 0.05) is 30.4 Å². The van der Waals surface area contributed by atoms with Gasteiger partial charge in [0.2, 0.25) is 5.12 Å². The summed E-state index contributed by atoms with van der Waals surface area (Å²) in [4.78, 5) is 13.6. The van der Waals surface area contributed by atoms with Crippen molar-refractivity contribution >= 4 is 34.8 Å². The fourth-order valence-electron chi connectivity index (χ4n) is 4.48. The zero-order valence-corrected chi connectivity index (χ0v) is 20.5. The molecule has 182 valence electrons. The van der Waals surface area contributed by atoms with Crippen LogP contribution in [0.4, 0.5) is 17.1 Å². The number of carboxylic acid groups (broad SMARTS) is 1. The lowest BCUT2D eigenvalue weighted by Crippen LogP contribution is -2.45.